The number of hydrogen-bond acceptors (Lipinski definition) is 3. The molecule has 7 heteroatoms. The van der Waals surface area contributed by atoms with Crippen LogP contribution in [-0.4, -0.2) is 61.0 Å². The molecule has 0 unspecified atom stereocenters. The minimum atomic E-state index is -0.841. The van der Waals surface area contributed by atoms with Gasteiger partial charge in [0.1, 0.15) is 0 Å². The maximum Gasteiger partial charge on any atom is 0.223 e. The van der Waals surface area contributed by atoms with Gasteiger partial charge in [0.2, 0.25) is 11.8 Å². The molecule has 0 atom stereocenters. The van der Waals surface area contributed by atoms with E-state index in [1.165, 1.54) is 6.07 Å². The number of rotatable bonds is 4. The van der Waals surface area contributed by atoms with E-state index in [-0.39, 0.29) is 30.6 Å². The van der Waals surface area contributed by atoms with Crippen LogP contribution in [0.4, 0.5) is 8.78 Å². The molecule has 0 saturated carbocycles. The summed E-state index contributed by atoms with van der Waals surface area (Å²) in [6.45, 7) is 3.44. The smallest absolute Gasteiger partial charge is 0.223 e. The third-order valence-corrected chi connectivity index (χ3v) is 5.18. The average molecular weight is 366 g/mol. The minimum absolute atomic E-state index is 0.00155. The molecule has 2 fully saturated rings. The van der Waals surface area contributed by atoms with Gasteiger partial charge in [-0.25, -0.2) is 8.78 Å². The Morgan fingerprint density at radius 3 is 2.08 bits per heavy atom. The lowest BCUT2D eigenvalue weighted by molar-refractivity contribution is -0.139. The zero-order valence-electron chi connectivity index (χ0n) is 14.8. The Kier molecular flexibility index (Phi) is 6.19. The summed E-state index contributed by atoms with van der Waals surface area (Å²) < 4.78 is 31.7. The largest absolute Gasteiger partial charge is 0.378 e. The number of ether oxygens (including phenoxy) is 1. The molecule has 0 bridgehead atoms. The van der Waals surface area contributed by atoms with Crippen LogP contribution in [0.5, 0.6) is 0 Å². The molecule has 2 heterocycles. The van der Waals surface area contributed by atoms with E-state index in [4.69, 9.17) is 4.74 Å². The van der Waals surface area contributed by atoms with Crippen molar-refractivity contribution in [3.05, 3.63) is 35.4 Å². The van der Waals surface area contributed by atoms with Crippen molar-refractivity contribution >= 4 is 11.8 Å². The van der Waals surface area contributed by atoms with E-state index in [9.17, 15) is 18.4 Å². The normalized spacial score (nSPS) is 18.8. The molecule has 5 nitrogen and oxygen atoms in total. The molecule has 2 saturated heterocycles. The standard InChI is InChI=1S/C19H24F2N2O3/c20-16-2-1-15(13-17(16)21)14-5-7-22(8-6-14)18(24)3-4-19(25)23-9-11-26-12-10-23/h1-2,13-14H,3-12H2. The molecule has 0 radical (unpaired) electrons. The fraction of sp³-hybridized carbons (Fsp3) is 0.579. The van der Waals surface area contributed by atoms with Gasteiger partial charge in [-0.2, -0.15) is 0 Å². The van der Waals surface area contributed by atoms with Crippen LogP contribution >= 0.6 is 0 Å². The lowest BCUT2D eigenvalue weighted by Gasteiger charge is -2.32. The van der Waals surface area contributed by atoms with Crippen LogP contribution < -0.4 is 0 Å². The zero-order chi connectivity index (χ0) is 18.5. The number of carbonyl (C=O) groups excluding carboxylic acids is 2. The van der Waals surface area contributed by atoms with E-state index in [0.29, 0.717) is 52.2 Å². The van der Waals surface area contributed by atoms with E-state index in [0.717, 1.165) is 11.6 Å². The van der Waals surface area contributed by atoms with Crippen LogP contribution in [0.1, 0.15) is 37.2 Å². The van der Waals surface area contributed by atoms with Crippen molar-refractivity contribution in [2.45, 2.75) is 31.6 Å². The first-order chi connectivity index (χ1) is 12.5. The summed E-state index contributed by atoms with van der Waals surface area (Å²) in [6.07, 6.45) is 1.87. The van der Waals surface area contributed by atoms with Crippen LogP contribution in [0.3, 0.4) is 0 Å². The van der Waals surface area contributed by atoms with Crippen molar-refractivity contribution < 1.29 is 23.1 Å². The second-order valence-corrected chi connectivity index (χ2v) is 6.82. The van der Waals surface area contributed by atoms with Crippen LogP contribution in [0.2, 0.25) is 0 Å². The minimum Gasteiger partial charge on any atom is -0.378 e. The molecule has 0 spiro atoms. The molecule has 142 valence electrons. The van der Waals surface area contributed by atoms with Gasteiger partial charge in [0.15, 0.2) is 11.6 Å². The highest BCUT2D eigenvalue weighted by atomic mass is 19.2. The molecule has 2 aliphatic rings. The fourth-order valence-corrected chi connectivity index (χ4v) is 3.57. The number of likely N-dealkylation sites (tertiary alicyclic amines) is 1. The predicted octanol–water partition coefficient (Wildman–Crippen LogP) is 2.31. The van der Waals surface area contributed by atoms with Gasteiger partial charge in [-0.1, -0.05) is 6.07 Å². The number of nitrogens with zero attached hydrogens (tertiary/aromatic N) is 2. The SMILES string of the molecule is O=C(CCC(=O)N1CCC(c2ccc(F)c(F)c2)CC1)N1CCOCC1. The summed E-state index contributed by atoms with van der Waals surface area (Å²) >= 11 is 0. The summed E-state index contributed by atoms with van der Waals surface area (Å²) in [5.41, 5.74) is 0.776. The molecule has 0 aliphatic carbocycles. The number of benzene rings is 1. The van der Waals surface area contributed by atoms with E-state index in [1.54, 1.807) is 15.9 Å². The zero-order valence-corrected chi connectivity index (χ0v) is 14.8. The monoisotopic (exact) mass is 366 g/mol. The second kappa shape index (κ2) is 8.58. The van der Waals surface area contributed by atoms with Gasteiger partial charge in [0, 0.05) is 39.0 Å². The van der Waals surface area contributed by atoms with Crippen LogP contribution in [0, 0.1) is 11.6 Å². The highest BCUT2D eigenvalue weighted by molar-refractivity contribution is 5.84. The number of morpholine rings is 1. The molecule has 1 aromatic rings. The van der Waals surface area contributed by atoms with Crippen LogP contribution in [0.25, 0.3) is 0 Å². The van der Waals surface area contributed by atoms with Crippen molar-refractivity contribution in [3.8, 4) is 0 Å². The lowest BCUT2D eigenvalue weighted by atomic mass is 9.89. The Morgan fingerprint density at radius 2 is 1.50 bits per heavy atom. The summed E-state index contributed by atoms with van der Waals surface area (Å²) in [5, 5.41) is 0. The molecular weight excluding hydrogens is 342 g/mol. The summed E-state index contributed by atoms with van der Waals surface area (Å²) in [6, 6.07) is 4.01. The predicted molar refractivity (Wildman–Crippen MR) is 91.5 cm³/mol. The van der Waals surface area contributed by atoms with Gasteiger partial charge in [-0.05, 0) is 36.5 Å². The van der Waals surface area contributed by atoms with E-state index in [2.05, 4.69) is 0 Å². The first-order valence-corrected chi connectivity index (χ1v) is 9.13. The molecule has 1 aromatic carbocycles. The number of piperidine rings is 1. The summed E-state index contributed by atoms with van der Waals surface area (Å²) in [7, 11) is 0. The topological polar surface area (TPSA) is 49.9 Å². The second-order valence-electron chi connectivity index (χ2n) is 6.82. The molecule has 2 amide bonds. The molecule has 2 aliphatic heterocycles. The van der Waals surface area contributed by atoms with Crippen LogP contribution in [-0.2, 0) is 14.3 Å². The molecule has 0 aromatic heterocycles. The third kappa shape index (κ3) is 4.58. The van der Waals surface area contributed by atoms with Gasteiger partial charge in [0.25, 0.3) is 0 Å². The third-order valence-electron chi connectivity index (χ3n) is 5.18. The highest BCUT2D eigenvalue weighted by Gasteiger charge is 2.25. The average Bonchev–Trinajstić information content (AvgIpc) is 2.69. The lowest BCUT2D eigenvalue weighted by Crippen LogP contribution is -2.42. The van der Waals surface area contributed by atoms with Crippen molar-refractivity contribution in [2.75, 3.05) is 39.4 Å². The van der Waals surface area contributed by atoms with Crippen molar-refractivity contribution in [1.82, 2.24) is 9.80 Å². The van der Waals surface area contributed by atoms with Gasteiger partial charge in [-0.15, -0.1) is 0 Å². The van der Waals surface area contributed by atoms with Crippen molar-refractivity contribution in [1.29, 1.82) is 0 Å². The molecular formula is C19H24F2N2O3. The summed E-state index contributed by atoms with van der Waals surface area (Å²) in [4.78, 5) is 28.0. The van der Waals surface area contributed by atoms with E-state index in [1.807, 2.05) is 0 Å². The van der Waals surface area contributed by atoms with E-state index >= 15 is 0 Å². The fourth-order valence-electron chi connectivity index (χ4n) is 3.57. The Bertz CT molecular complexity index is 654. The maximum atomic E-state index is 13.4. The highest BCUT2D eigenvalue weighted by Crippen LogP contribution is 2.29. The van der Waals surface area contributed by atoms with Crippen molar-refractivity contribution in [2.24, 2.45) is 0 Å². The van der Waals surface area contributed by atoms with Gasteiger partial charge in [-0.3, -0.25) is 9.59 Å². The van der Waals surface area contributed by atoms with Gasteiger partial charge < -0.3 is 14.5 Å². The Balaban J connectivity index is 1.44. The van der Waals surface area contributed by atoms with Gasteiger partial charge in [0.05, 0.1) is 13.2 Å². The Labute approximate surface area is 151 Å². The summed E-state index contributed by atoms with van der Waals surface area (Å²) in [5.74, 6) is -1.56. The maximum absolute atomic E-state index is 13.4. The van der Waals surface area contributed by atoms with E-state index < -0.39 is 11.6 Å². The Hall–Kier alpha value is -2.02. The number of amides is 2. The Morgan fingerprint density at radius 1 is 0.923 bits per heavy atom. The number of carbonyl (C=O) groups is 2. The van der Waals surface area contributed by atoms with Crippen LogP contribution in [0.15, 0.2) is 18.2 Å². The first kappa shape index (κ1) is 18.8. The first-order valence-electron chi connectivity index (χ1n) is 9.13. The molecule has 26 heavy (non-hydrogen) atoms. The quantitative estimate of drug-likeness (QED) is 0.822. The number of halogens is 2. The van der Waals surface area contributed by atoms with Crippen molar-refractivity contribution in [3.63, 3.8) is 0 Å². The molecule has 3 rings (SSSR count). The molecule has 0 N–H and O–H groups in total. The number of hydrogen-bond donors (Lipinski definition) is 0. The van der Waals surface area contributed by atoms with Gasteiger partial charge >= 0.3 is 0 Å².